The third-order valence-electron chi connectivity index (χ3n) is 1.38. The molecule has 12 heavy (non-hydrogen) atoms. The van der Waals surface area contributed by atoms with Crippen LogP contribution in [0.5, 0.6) is 0 Å². The van der Waals surface area contributed by atoms with E-state index in [1.165, 1.54) is 0 Å². The monoisotopic (exact) mass is 221 g/mol. The molecular formula is C8H8KNS2. The summed E-state index contributed by atoms with van der Waals surface area (Å²) < 4.78 is 0.388. The van der Waals surface area contributed by atoms with Crippen LogP contribution >= 0.6 is 12.2 Å². The molecule has 0 aliphatic heterocycles. The van der Waals surface area contributed by atoms with Gasteiger partial charge in [-0.15, -0.1) is 0 Å². The van der Waals surface area contributed by atoms with Gasteiger partial charge in [-0.1, -0.05) is 22.5 Å². The fourth-order valence-corrected chi connectivity index (χ4v) is 1.04. The second kappa shape index (κ2) is 6.42. The Bertz CT molecular complexity index is 276. The van der Waals surface area contributed by atoms with Gasteiger partial charge in [0.25, 0.3) is 0 Å². The van der Waals surface area contributed by atoms with Crippen LogP contribution in [0.25, 0.3) is 0 Å². The smallest absolute Gasteiger partial charge is 0.411 e. The predicted octanol–water partition coefficient (Wildman–Crippen LogP) is -0.757. The quantitative estimate of drug-likeness (QED) is 0.380. The summed E-state index contributed by atoms with van der Waals surface area (Å²) in [4.78, 5) is 0. The molecule has 0 aliphatic carbocycles. The molecule has 1 aromatic rings. The number of para-hydroxylation sites is 1. The topological polar surface area (TPSA) is 12.0 Å². The molecule has 0 saturated carbocycles. The van der Waals surface area contributed by atoms with Crippen molar-refractivity contribution < 1.29 is 51.4 Å². The van der Waals surface area contributed by atoms with Gasteiger partial charge in [0.05, 0.1) is 0 Å². The molecule has 58 valence electrons. The molecule has 1 aromatic carbocycles. The van der Waals surface area contributed by atoms with Gasteiger partial charge in [0.15, 0.2) is 0 Å². The second-order valence-corrected chi connectivity index (χ2v) is 3.30. The van der Waals surface area contributed by atoms with E-state index >= 15 is 0 Å². The van der Waals surface area contributed by atoms with Crippen molar-refractivity contribution in [3.63, 3.8) is 0 Å². The maximum Gasteiger partial charge on any atom is 1.00 e. The van der Waals surface area contributed by atoms with E-state index in [1.54, 1.807) is 0 Å². The van der Waals surface area contributed by atoms with Crippen LogP contribution in [0.2, 0.25) is 0 Å². The minimum atomic E-state index is 0. The van der Waals surface area contributed by atoms with E-state index in [2.05, 4.69) is 5.32 Å². The summed E-state index contributed by atoms with van der Waals surface area (Å²) in [7, 11) is 0. The van der Waals surface area contributed by atoms with Crippen molar-refractivity contribution in [3.05, 3.63) is 29.8 Å². The Morgan fingerprint density at radius 3 is 2.50 bits per heavy atom. The van der Waals surface area contributed by atoms with E-state index in [0.29, 0.717) is 4.32 Å². The second-order valence-electron chi connectivity index (χ2n) is 2.23. The first-order valence-corrected chi connectivity index (χ1v) is 4.05. The maximum atomic E-state index is 4.74. The molecule has 0 atom stereocenters. The molecule has 0 fully saturated rings. The predicted molar refractivity (Wildman–Crippen MR) is 54.8 cm³/mol. The van der Waals surface area contributed by atoms with E-state index in [9.17, 15) is 0 Å². The Morgan fingerprint density at radius 1 is 1.42 bits per heavy atom. The number of benzene rings is 1. The van der Waals surface area contributed by atoms with E-state index in [0.717, 1.165) is 11.3 Å². The van der Waals surface area contributed by atoms with Gasteiger partial charge in [-0.25, -0.2) is 0 Å². The average Bonchev–Trinajstić information content (AvgIpc) is 1.93. The minimum absolute atomic E-state index is 0. The molecule has 0 aromatic heterocycles. The number of hydrogen-bond acceptors (Lipinski definition) is 2. The molecule has 0 aliphatic rings. The molecule has 0 spiro atoms. The number of rotatable bonds is 1. The zero-order chi connectivity index (χ0) is 8.27. The third kappa shape index (κ3) is 4.27. The van der Waals surface area contributed by atoms with Crippen LogP contribution < -0.4 is 56.7 Å². The molecule has 0 radical (unpaired) electrons. The SMILES string of the molecule is Cc1ccccc1NC(=S)[S-].[K+]. The number of thiocarbonyl (C=S) groups is 1. The van der Waals surface area contributed by atoms with Crippen LogP contribution in [0, 0.1) is 6.92 Å². The molecule has 0 unspecified atom stereocenters. The summed E-state index contributed by atoms with van der Waals surface area (Å²) in [6.45, 7) is 2.01. The molecule has 1 rings (SSSR count). The Morgan fingerprint density at radius 2 is 2.00 bits per heavy atom. The van der Waals surface area contributed by atoms with Gasteiger partial charge < -0.3 is 30.2 Å². The van der Waals surface area contributed by atoms with E-state index in [-0.39, 0.29) is 51.4 Å². The molecule has 4 heteroatoms. The minimum Gasteiger partial charge on any atom is -0.411 e. The Balaban J connectivity index is 0.00000121. The van der Waals surface area contributed by atoms with Gasteiger partial charge in [0.2, 0.25) is 0 Å². The first-order chi connectivity index (χ1) is 5.20. The van der Waals surface area contributed by atoms with Gasteiger partial charge in [0.1, 0.15) is 0 Å². The zero-order valence-electron chi connectivity index (χ0n) is 7.13. The number of hydrogen-bond donors (Lipinski definition) is 1. The normalized spacial score (nSPS) is 8.42. The van der Waals surface area contributed by atoms with Crippen molar-refractivity contribution in [2.75, 3.05) is 5.32 Å². The van der Waals surface area contributed by atoms with E-state index in [4.69, 9.17) is 24.8 Å². The van der Waals surface area contributed by atoms with Gasteiger partial charge >= 0.3 is 51.4 Å². The molecule has 0 amide bonds. The molecule has 0 heterocycles. The molecule has 0 saturated heterocycles. The van der Waals surface area contributed by atoms with Gasteiger partial charge in [-0.2, -0.15) is 0 Å². The van der Waals surface area contributed by atoms with E-state index < -0.39 is 0 Å². The summed E-state index contributed by atoms with van der Waals surface area (Å²) in [5.41, 5.74) is 2.15. The van der Waals surface area contributed by atoms with Crippen LogP contribution in [-0.2, 0) is 12.6 Å². The van der Waals surface area contributed by atoms with Crippen LogP contribution in [0.1, 0.15) is 5.56 Å². The molecule has 1 nitrogen and oxygen atoms in total. The summed E-state index contributed by atoms with van der Waals surface area (Å²) in [5, 5.41) is 2.92. The van der Waals surface area contributed by atoms with Crippen molar-refractivity contribution in [2.45, 2.75) is 6.92 Å². The van der Waals surface area contributed by atoms with Crippen molar-refractivity contribution in [2.24, 2.45) is 0 Å². The summed E-state index contributed by atoms with van der Waals surface area (Å²) in [6.07, 6.45) is 0. The third-order valence-corrected chi connectivity index (χ3v) is 1.59. The fraction of sp³-hybridized carbons (Fsp3) is 0.125. The molecule has 0 bridgehead atoms. The number of anilines is 1. The van der Waals surface area contributed by atoms with Gasteiger partial charge in [-0.3, -0.25) is 0 Å². The molecular weight excluding hydrogens is 213 g/mol. The summed E-state index contributed by atoms with van der Waals surface area (Å²) >= 11 is 9.48. The summed E-state index contributed by atoms with van der Waals surface area (Å²) in [6, 6.07) is 7.89. The Labute approximate surface area is 126 Å². The van der Waals surface area contributed by atoms with Crippen LogP contribution in [0.3, 0.4) is 0 Å². The zero-order valence-corrected chi connectivity index (χ0v) is 11.9. The Kier molecular flexibility index (Phi) is 6.94. The van der Waals surface area contributed by atoms with Gasteiger partial charge in [0, 0.05) is 5.69 Å². The van der Waals surface area contributed by atoms with E-state index in [1.807, 2.05) is 31.2 Å². The fourth-order valence-electron chi connectivity index (χ4n) is 0.823. The van der Waals surface area contributed by atoms with Crippen molar-refractivity contribution in [3.8, 4) is 0 Å². The largest absolute Gasteiger partial charge is 1.00 e. The first kappa shape index (κ1) is 13.0. The van der Waals surface area contributed by atoms with Crippen molar-refractivity contribution in [1.29, 1.82) is 0 Å². The number of nitrogens with one attached hydrogen (secondary N) is 1. The van der Waals surface area contributed by atoms with Crippen molar-refractivity contribution >= 4 is 34.9 Å². The summed E-state index contributed by atoms with van der Waals surface area (Å²) in [5.74, 6) is 0. The van der Waals surface area contributed by atoms with Crippen LogP contribution in [0.4, 0.5) is 5.69 Å². The molecule has 1 N–H and O–H groups in total. The maximum absolute atomic E-state index is 4.74. The Hall–Kier alpha value is 0.966. The van der Waals surface area contributed by atoms with Crippen LogP contribution in [-0.4, -0.2) is 4.32 Å². The first-order valence-electron chi connectivity index (χ1n) is 3.24. The standard InChI is InChI=1S/C8H9NS2.K/c1-6-4-2-3-5-7(6)9-8(10)11;/h2-5H,1H3,(H2,9,10,11);/q;+1/p-1. The van der Waals surface area contributed by atoms with Crippen LogP contribution in [0.15, 0.2) is 24.3 Å². The number of aryl methyl sites for hydroxylation is 1. The van der Waals surface area contributed by atoms with Crippen molar-refractivity contribution in [1.82, 2.24) is 0 Å². The average molecular weight is 221 g/mol. The van der Waals surface area contributed by atoms with Gasteiger partial charge in [-0.05, 0) is 18.6 Å².